The Morgan fingerprint density at radius 1 is 0.473 bits per heavy atom. The van der Waals surface area contributed by atoms with Crippen molar-refractivity contribution < 1.29 is 64.6 Å². The molecule has 14 nitrogen and oxygen atoms in total. The summed E-state index contributed by atoms with van der Waals surface area (Å²) in [6.07, 6.45) is 37.9. The van der Waals surface area contributed by atoms with E-state index in [0.717, 1.165) is 32.1 Å². The molecule has 12 unspecified atom stereocenters. The van der Waals surface area contributed by atoms with Gasteiger partial charge in [0.25, 0.3) is 0 Å². The van der Waals surface area contributed by atoms with E-state index in [4.69, 9.17) is 18.9 Å². The van der Waals surface area contributed by atoms with E-state index in [-0.39, 0.29) is 18.9 Å². The maximum atomic E-state index is 13.3. The zero-order valence-electron chi connectivity index (χ0n) is 46.8. The first-order valence-electron chi connectivity index (χ1n) is 30.6. The third kappa shape index (κ3) is 31.8. The van der Waals surface area contributed by atoms with Crippen LogP contribution in [0.15, 0.2) is 24.3 Å². The SMILES string of the molecule is CCCCCCCCCCCCCCC/C=C/CC/C=C/C(O)C(COC1OC(CO)C(OC2OC(CO)C(O)C(O)C2O)C(O)C1O)NC(=O)CCCCCCCCCCCCCCCCCCCCCCC. The third-order valence-electron chi connectivity index (χ3n) is 15.1. The summed E-state index contributed by atoms with van der Waals surface area (Å²) in [7, 11) is 0. The fourth-order valence-corrected chi connectivity index (χ4v) is 10.2. The molecule has 0 bridgehead atoms. The number of hydrogen-bond donors (Lipinski definition) is 9. The van der Waals surface area contributed by atoms with E-state index in [1.807, 2.05) is 6.08 Å². The highest BCUT2D eigenvalue weighted by molar-refractivity contribution is 5.76. The Hall–Kier alpha value is -1.53. The Morgan fingerprint density at radius 3 is 1.32 bits per heavy atom. The topological polar surface area (TPSA) is 228 Å². The average molecular weight is 1060 g/mol. The Balaban J connectivity index is 1.77. The first-order chi connectivity index (χ1) is 36.1. The van der Waals surface area contributed by atoms with E-state index in [0.29, 0.717) is 12.8 Å². The largest absolute Gasteiger partial charge is 0.394 e. The van der Waals surface area contributed by atoms with Crippen molar-refractivity contribution in [1.82, 2.24) is 5.32 Å². The monoisotopic (exact) mass is 1060 g/mol. The van der Waals surface area contributed by atoms with Gasteiger partial charge in [-0.1, -0.05) is 244 Å². The van der Waals surface area contributed by atoms with Gasteiger partial charge < -0.3 is 65.1 Å². The second-order valence-corrected chi connectivity index (χ2v) is 21.8. The lowest BCUT2D eigenvalue weighted by Gasteiger charge is -2.46. The summed E-state index contributed by atoms with van der Waals surface area (Å²) in [5.74, 6) is -0.244. The van der Waals surface area contributed by atoms with Crippen molar-refractivity contribution in [2.45, 2.75) is 331 Å². The molecule has 2 aliphatic rings. The normalized spacial score (nSPS) is 25.3. The van der Waals surface area contributed by atoms with Crippen LogP contribution in [-0.2, 0) is 23.7 Å². The van der Waals surface area contributed by atoms with Crippen LogP contribution < -0.4 is 5.32 Å². The highest BCUT2D eigenvalue weighted by atomic mass is 16.7. The van der Waals surface area contributed by atoms with Gasteiger partial charge in [-0.3, -0.25) is 4.79 Å². The number of carbonyl (C=O) groups excluding carboxylic acids is 1. The Labute approximate surface area is 449 Å². The fourth-order valence-electron chi connectivity index (χ4n) is 10.2. The minimum atomic E-state index is -1.79. The number of allylic oxidation sites excluding steroid dienone is 3. The van der Waals surface area contributed by atoms with Crippen LogP contribution in [0.4, 0.5) is 0 Å². The van der Waals surface area contributed by atoms with Gasteiger partial charge in [0, 0.05) is 6.42 Å². The molecule has 0 radical (unpaired) electrons. The van der Waals surface area contributed by atoms with Crippen molar-refractivity contribution in [3.05, 3.63) is 24.3 Å². The van der Waals surface area contributed by atoms with E-state index in [1.54, 1.807) is 6.08 Å². The lowest BCUT2D eigenvalue weighted by atomic mass is 9.97. The third-order valence-corrected chi connectivity index (χ3v) is 15.1. The number of aliphatic hydroxyl groups excluding tert-OH is 8. The molecule has 1 amide bonds. The number of amides is 1. The minimum Gasteiger partial charge on any atom is -0.394 e. The van der Waals surface area contributed by atoms with Crippen LogP contribution in [0.5, 0.6) is 0 Å². The lowest BCUT2D eigenvalue weighted by molar-refractivity contribution is -0.359. The summed E-state index contributed by atoms with van der Waals surface area (Å²) < 4.78 is 22.8. The number of hydrogen-bond acceptors (Lipinski definition) is 13. The van der Waals surface area contributed by atoms with Crippen molar-refractivity contribution in [2.24, 2.45) is 0 Å². The van der Waals surface area contributed by atoms with Crippen LogP contribution >= 0.6 is 0 Å². The summed E-state index contributed by atoms with van der Waals surface area (Å²) in [6.45, 7) is 2.81. The summed E-state index contributed by atoms with van der Waals surface area (Å²) in [5.41, 5.74) is 0. The van der Waals surface area contributed by atoms with Gasteiger partial charge in [0.15, 0.2) is 12.6 Å². The quantitative estimate of drug-likeness (QED) is 0.0204. The molecule has 0 aromatic rings. The number of aliphatic hydroxyl groups is 8. The standard InChI is InChI=1S/C60H113NO13/c1-3-5-7-9-11-13-15-17-19-21-23-24-26-28-30-32-34-36-38-40-42-44-52(65)61-48(49(64)43-41-39-37-35-33-31-29-27-25-22-20-18-16-14-12-10-8-6-4-2)47-71-59-57(70)55(68)58(51(46-63)73-59)74-60-56(69)54(67)53(66)50(45-62)72-60/h33,35,41,43,48-51,53-60,62-64,66-70H,3-32,34,36-40,42,44-47H2,1-2H3,(H,61,65)/b35-33+,43-41+. The minimum absolute atomic E-state index is 0.244. The van der Waals surface area contributed by atoms with E-state index in [1.165, 1.54) is 193 Å². The van der Waals surface area contributed by atoms with Crippen LogP contribution in [0, 0.1) is 0 Å². The first kappa shape index (κ1) is 68.6. The first-order valence-corrected chi connectivity index (χ1v) is 30.6. The molecule has 2 aliphatic heterocycles. The zero-order chi connectivity index (χ0) is 53.9. The van der Waals surface area contributed by atoms with Gasteiger partial charge in [-0.2, -0.15) is 0 Å². The molecule has 2 saturated heterocycles. The van der Waals surface area contributed by atoms with Crippen LogP contribution in [0.3, 0.4) is 0 Å². The number of ether oxygens (including phenoxy) is 4. The molecule has 9 N–H and O–H groups in total. The number of carbonyl (C=O) groups is 1. The second-order valence-electron chi connectivity index (χ2n) is 21.8. The van der Waals surface area contributed by atoms with Crippen LogP contribution in [0.2, 0.25) is 0 Å². The molecule has 0 saturated carbocycles. The van der Waals surface area contributed by atoms with Gasteiger partial charge >= 0.3 is 0 Å². The molecule has 0 aliphatic carbocycles. The average Bonchev–Trinajstić information content (AvgIpc) is 3.40. The number of nitrogens with one attached hydrogen (secondary N) is 1. The van der Waals surface area contributed by atoms with Crippen LogP contribution in [0.1, 0.15) is 258 Å². The smallest absolute Gasteiger partial charge is 0.220 e. The van der Waals surface area contributed by atoms with Gasteiger partial charge in [-0.15, -0.1) is 0 Å². The molecular formula is C60H113NO13. The summed E-state index contributed by atoms with van der Waals surface area (Å²) in [6, 6.07) is -0.927. The van der Waals surface area contributed by atoms with Crippen LogP contribution in [-0.4, -0.2) is 140 Å². The van der Waals surface area contributed by atoms with Crippen molar-refractivity contribution in [3.63, 3.8) is 0 Å². The van der Waals surface area contributed by atoms with E-state index in [9.17, 15) is 45.6 Å². The van der Waals surface area contributed by atoms with E-state index >= 15 is 0 Å². The van der Waals surface area contributed by atoms with Crippen LogP contribution in [0.25, 0.3) is 0 Å². The Morgan fingerprint density at radius 2 is 0.865 bits per heavy atom. The van der Waals surface area contributed by atoms with Gasteiger partial charge in [0.1, 0.15) is 48.8 Å². The fraction of sp³-hybridized carbons (Fsp3) is 0.917. The Kier molecular flexibility index (Phi) is 43.0. The highest BCUT2D eigenvalue weighted by Gasteiger charge is 2.51. The number of unbranched alkanes of at least 4 members (excludes halogenated alkanes) is 34. The van der Waals surface area contributed by atoms with Gasteiger partial charge in [-0.05, 0) is 32.1 Å². The van der Waals surface area contributed by atoms with Gasteiger partial charge in [0.05, 0.1) is 32.0 Å². The van der Waals surface area contributed by atoms with E-state index < -0.39 is 86.8 Å². The second kappa shape index (κ2) is 46.4. The molecule has 436 valence electrons. The molecule has 14 heteroatoms. The molecule has 2 rings (SSSR count). The molecule has 2 fully saturated rings. The molecule has 12 atom stereocenters. The molecule has 2 heterocycles. The molecule has 0 aromatic heterocycles. The predicted molar refractivity (Wildman–Crippen MR) is 295 cm³/mol. The summed E-state index contributed by atoms with van der Waals surface area (Å²) in [5, 5.41) is 87.1. The molecule has 0 aromatic carbocycles. The maximum absolute atomic E-state index is 13.3. The van der Waals surface area contributed by atoms with Crippen molar-refractivity contribution in [1.29, 1.82) is 0 Å². The van der Waals surface area contributed by atoms with Crippen molar-refractivity contribution >= 4 is 5.91 Å². The number of rotatable bonds is 49. The van der Waals surface area contributed by atoms with Gasteiger partial charge in [-0.25, -0.2) is 0 Å². The maximum Gasteiger partial charge on any atom is 0.220 e. The molecule has 74 heavy (non-hydrogen) atoms. The van der Waals surface area contributed by atoms with Crippen molar-refractivity contribution in [3.8, 4) is 0 Å². The summed E-state index contributed by atoms with van der Waals surface area (Å²) in [4.78, 5) is 13.3. The summed E-state index contributed by atoms with van der Waals surface area (Å²) >= 11 is 0. The Bertz CT molecular complexity index is 1340. The highest BCUT2D eigenvalue weighted by Crippen LogP contribution is 2.30. The zero-order valence-corrected chi connectivity index (χ0v) is 46.8. The molecular weight excluding hydrogens is 943 g/mol. The van der Waals surface area contributed by atoms with Gasteiger partial charge in [0.2, 0.25) is 5.91 Å². The molecule has 0 spiro atoms. The van der Waals surface area contributed by atoms with E-state index in [2.05, 4.69) is 31.3 Å². The predicted octanol–water partition coefficient (Wildman–Crippen LogP) is 10.4. The van der Waals surface area contributed by atoms with Crippen molar-refractivity contribution in [2.75, 3.05) is 19.8 Å². The lowest BCUT2D eigenvalue weighted by Crippen LogP contribution is -2.65.